The first-order valence-electron chi connectivity index (χ1n) is 7.31. The van der Waals surface area contributed by atoms with Gasteiger partial charge in [-0.1, -0.05) is 18.2 Å². The van der Waals surface area contributed by atoms with Crippen LogP contribution in [0, 0.1) is 5.41 Å². The van der Waals surface area contributed by atoms with Crippen molar-refractivity contribution in [2.45, 2.75) is 18.0 Å². The van der Waals surface area contributed by atoms with E-state index in [1.54, 1.807) is 18.2 Å². The first kappa shape index (κ1) is 16.1. The van der Waals surface area contributed by atoms with E-state index < -0.39 is 22.9 Å². The van der Waals surface area contributed by atoms with E-state index >= 15 is 0 Å². The fourth-order valence-electron chi connectivity index (χ4n) is 3.72. The van der Waals surface area contributed by atoms with Gasteiger partial charge in [-0.05, 0) is 12.5 Å². The van der Waals surface area contributed by atoms with Crippen LogP contribution in [0.2, 0.25) is 0 Å². The highest BCUT2D eigenvalue weighted by atomic mass is 32.2. The van der Waals surface area contributed by atoms with Gasteiger partial charge in [0.1, 0.15) is 16.7 Å². The summed E-state index contributed by atoms with van der Waals surface area (Å²) in [4.78, 5) is 25.1. The van der Waals surface area contributed by atoms with Gasteiger partial charge in [0.05, 0.1) is 14.2 Å². The molecule has 2 aliphatic heterocycles. The van der Waals surface area contributed by atoms with Crippen LogP contribution in [0.4, 0.5) is 0 Å². The standard InChI is InChI=1S/C16H19NO5S/c1-21-13(19)15-7-11(10-5-3-4-6-12(10)18)17-16(15,9-23-8-15)14(20)22-2/h3-6,11,17-18H,7-9H2,1-2H3/t11-,15-,16-/m1/s1. The summed E-state index contributed by atoms with van der Waals surface area (Å²) in [6.07, 6.45) is 0.374. The van der Waals surface area contributed by atoms with Crippen LogP contribution >= 0.6 is 11.8 Å². The summed E-state index contributed by atoms with van der Waals surface area (Å²) in [6, 6.07) is 6.61. The normalized spacial score (nSPS) is 32.3. The van der Waals surface area contributed by atoms with Crippen LogP contribution in [0.3, 0.4) is 0 Å². The third-order valence-corrected chi connectivity index (χ3v) is 6.21. The molecule has 6 nitrogen and oxygen atoms in total. The molecule has 0 unspecified atom stereocenters. The Balaban J connectivity index is 2.07. The maximum Gasteiger partial charge on any atom is 0.328 e. The van der Waals surface area contributed by atoms with Crippen molar-refractivity contribution in [1.82, 2.24) is 5.32 Å². The van der Waals surface area contributed by atoms with Crippen LogP contribution in [-0.2, 0) is 19.1 Å². The Kier molecular flexibility index (Phi) is 4.01. The molecule has 23 heavy (non-hydrogen) atoms. The van der Waals surface area contributed by atoms with E-state index in [-0.39, 0.29) is 11.8 Å². The fourth-order valence-corrected chi connectivity index (χ4v) is 5.44. The van der Waals surface area contributed by atoms with Crippen LogP contribution in [0.5, 0.6) is 5.75 Å². The maximum atomic E-state index is 12.6. The van der Waals surface area contributed by atoms with Gasteiger partial charge < -0.3 is 14.6 Å². The average Bonchev–Trinajstić information content (AvgIpc) is 3.08. The Labute approximate surface area is 138 Å². The zero-order valence-corrected chi connectivity index (χ0v) is 13.8. The van der Waals surface area contributed by atoms with Gasteiger partial charge in [-0.2, -0.15) is 11.8 Å². The molecule has 2 fully saturated rings. The van der Waals surface area contributed by atoms with Crippen molar-refractivity contribution in [2.75, 3.05) is 25.7 Å². The summed E-state index contributed by atoms with van der Waals surface area (Å²) in [5.74, 6) is 0.159. The number of esters is 2. The van der Waals surface area contributed by atoms with Gasteiger partial charge in [-0.3, -0.25) is 10.1 Å². The second kappa shape index (κ2) is 5.72. The lowest BCUT2D eigenvalue weighted by molar-refractivity contribution is -0.164. The third-order valence-electron chi connectivity index (χ3n) is 4.88. The molecule has 124 valence electrons. The molecular weight excluding hydrogens is 318 g/mol. The number of carbonyl (C=O) groups excluding carboxylic acids is 2. The van der Waals surface area contributed by atoms with Gasteiger partial charge in [0.25, 0.3) is 0 Å². The summed E-state index contributed by atoms with van der Waals surface area (Å²) < 4.78 is 10.00. The Hall–Kier alpha value is -1.73. The van der Waals surface area contributed by atoms with Crippen molar-refractivity contribution in [1.29, 1.82) is 0 Å². The Morgan fingerprint density at radius 3 is 2.57 bits per heavy atom. The highest BCUT2D eigenvalue weighted by Gasteiger charge is 2.70. The number of ether oxygens (including phenoxy) is 2. The highest BCUT2D eigenvalue weighted by molar-refractivity contribution is 7.99. The smallest absolute Gasteiger partial charge is 0.328 e. The molecule has 2 aliphatic rings. The SMILES string of the molecule is COC(=O)[C@@]12CSC[C@]1(C(=O)OC)N[C@@H](c1ccccc1O)C2. The lowest BCUT2D eigenvalue weighted by atomic mass is 9.72. The molecule has 0 amide bonds. The van der Waals surface area contributed by atoms with Crippen molar-refractivity contribution >= 4 is 23.7 Å². The minimum atomic E-state index is -1.13. The number of para-hydroxylation sites is 1. The summed E-state index contributed by atoms with van der Waals surface area (Å²) >= 11 is 1.53. The van der Waals surface area contributed by atoms with Gasteiger partial charge in [-0.25, -0.2) is 4.79 Å². The van der Waals surface area contributed by atoms with Gasteiger partial charge >= 0.3 is 11.9 Å². The number of hydrogen-bond donors (Lipinski definition) is 2. The molecule has 0 radical (unpaired) electrons. The number of methoxy groups -OCH3 is 2. The number of hydrogen-bond acceptors (Lipinski definition) is 7. The number of thioether (sulfide) groups is 1. The molecule has 0 saturated carbocycles. The fraction of sp³-hybridized carbons (Fsp3) is 0.500. The van der Waals surface area contributed by atoms with E-state index in [1.165, 1.54) is 26.0 Å². The zero-order chi connectivity index (χ0) is 16.7. The van der Waals surface area contributed by atoms with E-state index in [1.807, 2.05) is 6.07 Å². The van der Waals surface area contributed by atoms with Crippen molar-refractivity contribution in [2.24, 2.45) is 5.41 Å². The molecular formula is C16H19NO5S. The zero-order valence-electron chi connectivity index (χ0n) is 13.0. The molecule has 0 spiro atoms. The summed E-state index contributed by atoms with van der Waals surface area (Å²) in [6.45, 7) is 0. The topological polar surface area (TPSA) is 84.9 Å². The molecule has 1 aromatic carbocycles. The van der Waals surface area contributed by atoms with Crippen LogP contribution < -0.4 is 5.32 Å². The number of benzene rings is 1. The number of phenolic OH excluding ortho intramolecular Hbond substituents is 1. The number of carbonyl (C=O) groups is 2. The summed E-state index contributed by atoms with van der Waals surface area (Å²) in [5.41, 5.74) is -1.46. The average molecular weight is 337 g/mol. The Morgan fingerprint density at radius 1 is 1.22 bits per heavy atom. The van der Waals surface area contributed by atoms with Crippen LogP contribution in [0.15, 0.2) is 24.3 Å². The first-order valence-corrected chi connectivity index (χ1v) is 8.46. The van der Waals surface area contributed by atoms with Crippen molar-refractivity contribution in [3.05, 3.63) is 29.8 Å². The van der Waals surface area contributed by atoms with Crippen LogP contribution in [-0.4, -0.2) is 48.3 Å². The van der Waals surface area contributed by atoms with Crippen LogP contribution in [0.25, 0.3) is 0 Å². The van der Waals surface area contributed by atoms with Gasteiger partial charge in [-0.15, -0.1) is 0 Å². The minimum Gasteiger partial charge on any atom is -0.508 e. The maximum absolute atomic E-state index is 12.6. The highest BCUT2D eigenvalue weighted by Crippen LogP contribution is 2.56. The van der Waals surface area contributed by atoms with E-state index in [2.05, 4.69) is 5.32 Å². The Morgan fingerprint density at radius 2 is 1.91 bits per heavy atom. The van der Waals surface area contributed by atoms with Gasteiger partial charge in [0.15, 0.2) is 0 Å². The molecule has 0 aromatic heterocycles. The lowest BCUT2D eigenvalue weighted by Crippen LogP contribution is -2.61. The molecule has 0 bridgehead atoms. The molecule has 2 saturated heterocycles. The van der Waals surface area contributed by atoms with Crippen molar-refractivity contribution < 1.29 is 24.2 Å². The quantitative estimate of drug-likeness (QED) is 0.803. The summed E-state index contributed by atoms with van der Waals surface area (Å²) in [5, 5.41) is 13.4. The number of aromatic hydroxyl groups is 1. The monoisotopic (exact) mass is 337 g/mol. The lowest BCUT2D eigenvalue weighted by Gasteiger charge is -2.34. The molecule has 2 N–H and O–H groups in total. The van der Waals surface area contributed by atoms with Gasteiger partial charge in [0, 0.05) is 23.1 Å². The van der Waals surface area contributed by atoms with Crippen molar-refractivity contribution in [3.8, 4) is 5.75 Å². The first-order chi connectivity index (χ1) is 11.0. The second-order valence-electron chi connectivity index (χ2n) is 5.92. The number of nitrogens with one attached hydrogen (secondary N) is 1. The molecule has 7 heteroatoms. The third kappa shape index (κ3) is 2.14. The van der Waals surface area contributed by atoms with E-state index in [9.17, 15) is 14.7 Å². The second-order valence-corrected chi connectivity index (χ2v) is 6.91. The van der Waals surface area contributed by atoms with E-state index in [0.717, 1.165) is 0 Å². The summed E-state index contributed by atoms with van der Waals surface area (Å²) in [7, 11) is 2.65. The molecule has 1 aromatic rings. The van der Waals surface area contributed by atoms with Crippen molar-refractivity contribution in [3.63, 3.8) is 0 Å². The largest absolute Gasteiger partial charge is 0.508 e. The number of rotatable bonds is 3. The number of fused-ring (bicyclic) bond motifs is 1. The molecule has 3 atom stereocenters. The minimum absolute atomic E-state index is 0.137. The molecule has 2 heterocycles. The molecule has 3 rings (SSSR count). The van der Waals surface area contributed by atoms with E-state index in [0.29, 0.717) is 23.5 Å². The predicted molar refractivity (Wildman–Crippen MR) is 85.1 cm³/mol. The Bertz CT molecular complexity index is 619. The van der Waals surface area contributed by atoms with Gasteiger partial charge in [0.2, 0.25) is 0 Å². The predicted octanol–water partition coefficient (Wildman–Crippen LogP) is 1.24. The number of phenols is 1. The van der Waals surface area contributed by atoms with Crippen LogP contribution in [0.1, 0.15) is 18.0 Å². The molecule has 0 aliphatic carbocycles. The van der Waals surface area contributed by atoms with E-state index in [4.69, 9.17) is 9.47 Å².